The van der Waals surface area contributed by atoms with E-state index < -0.39 is 0 Å². The molecule has 0 aromatic heterocycles. The molecule has 1 aliphatic carbocycles. The van der Waals surface area contributed by atoms with Crippen molar-refractivity contribution < 1.29 is 4.79 Å². The van der Waals surface area contributed by atoms with Gasteiger partial charge in [0, 0.05) is 16.5 Å². The number of hydrogen-bond donors (Lipinski definition) is 0. The summed E-state index contributed by atoms with van der Waals surface area (Å²) in [7, 11) is 0. The summed E-state index contributed by atoms with van der Waals surface area (Å²) < 4.78 is 1.02. The van der Waals surface area contributed by atoms with E-state index in [0.717, 1.165) is 21.3 Å². The lowest BCUT2D eigenvalue weighted by Gasteiger charge is -2.23. The Labute approximate surface area is 114 Å². The molecule has 0 spiro atoms. The molecule has 0 fully saturated rings. The highest BCUT2D eigenvalue weighted by Crippen LogP contribution is 2.33. The Morgan fingerprint density at radius 2 is 1.89 bits per heavy atom. The normalized spacial score (nSPS) is 21.9. The summed E-state index contributed by atoms with van der Waals surface area (Å²) in [6, 6.07) is 9.95. The number of benzene rings is 1. The van der Waals surface area contributed by atoms with Crippen molar-refractivity contribution in [3.05, 3.63) is 64.7 Å². The highest BCUT2D eigenvalue weighted by Gasteiger charge is 2.25. The minimum atomic E-state index is -0.184. The van der Waals surface area contributed by atoms with Crippen molar-refractivity contribution >= 4 is 33.1 Å². The molecule has 0 N–H and O–H groups in total. The second-order valence-electron chi connectivity index (χ2n) is 4.20. The van der Waals surface area contributed by atoms with Crippen LogP contribution in [-0.2, 0) is 4.79 Å². The lowest BCUT2D eigenvalue weighted by molar-refractivity contribution is -0.113. The fraction of sp³-hybridized carbons (Fsp3) is 0.0667. The van der Waals surface area contributed by atoms with Gasteiger partial charge in [-0.15, -0.1) is 0 Å². The summed E-state index contributed by atoms with van der Waals surface area (Å²) in [5.74, 6) is -0.124. The average molecular weight is 300 g/mol. The van der Waals surface area contributed by atoms with E-state index in [4.69, 9.17) is 0 Å². The monoisotopic (exact) mass is 299 g/mol. The van der Waals surface area contributed by atoms with Crippen molar-refractivity contribution in [2.75, 3.05) is 0 Å². The molecule has 0 radical (unpaired) electrons. The first-order valence-electron chi connectivity index (χ1n) is 5.69. The molecule has 3 rings (SSSR count). The molecule has 1 aromatic rings. The Morgan fingerprint density at radius 1 is 1.11 bits per heavy atom. The first kappa shape index (κ1) is 11.4. The summed E-state index contributed by atoms with van der Waals surface area (Å²) >= 11 is 3.47. The molecule has 2 nitrogen and oxygen atoms in total. The maximum absolute atomic E-state index is 11.7. The van der Waals surface area contributed by atoms with E-state index in [1.54, 1.807) is 6.08 Å². The van der Waals surface area contributed by atoms with E-state index in [1.165, 1.54) is 0 Å². The fourth-order valence-corrected chi connectivity index (χ4v) is 2.60. The number of carbonyl (C=O) groups is 1. The van der Waals surface area contributed by atoms with Crippen LogP contribution in [0.5, 0.6) is 0 Å². The Morgan fingerprint density at radius 3 is 2.67 bits per heavy atom. The van der Waals surface area contributed by atoms with Crippen LogP contribution < -0.4 is 0 Å². The van der Waals surface area contributed by atoms with Crippen molar-refractivity contribution in [3.63, 3.8) is 0 Å². The third-order valence-electron chi connectivity index (χ3n) is 3.02. The van der Waals surface area contributed by atoms with Gasteiger partial charge in [-0.05, 0) is 23.3 Å². The third kappa shape index (κ3) is 2.02. The van der Waals surface area contributed by atoms with Gasteiger partial charge in [0.05, 0.1) is 5.71 Å². The van der Waals surface area contributed by atoms with Gasteiger partial charge >= 0.3 is 0 Å². The molecule has 0 saturated carbocycles. The lowest BCUT2D eigenvalue weighted by atomic mass is 9.84. The van der Waals surface area contributed by atoms with Gasteiger partial charge in [-0.25, -0.2) is 4.99 Å². The summed E-state index contributed by atoms with van der Waals surface area (Å²) in [5, 5.41) is 0. The molecule has 88 valence electrons. The number of hydrogen-bond acceptors (Lipinski definition) is 1. The SMILES string of the molecule is O=C1C=C(c2ccccc2)C2C=C(Br)C=CC2=N1. The highest BCUT2D eigenvalue weighted by atomic mass is 79.9. The number of allylic oxidation sites excluding steroid dienone is 5. The maximum Gasteiger partial charge on any atom is 0.270 e. The third-order valence-corrected chi connectivity index (χ3v) is 3.55. The Hall–Kier alpha value is -1.74. The number of amides is 1. The van der Waals surface area contributed by atoms with Crippen molar-refractivity contribution in [2.24, 2.45) is 10.9 Å². The largest absolute Gasteiger partial charge is 0.270 e. The van der Waals surface area contributed by atoms with Crippen molar-refractivity contribution in [1.29, 1.82) is 0 Å². The zero-order valence-corrected chi connectivity index (χ0v) is 11.1. The molecule has 0 bridgehead atoms. The van der Waals surface area contributed by atoms with E-state index >= 15 is 0 Å². The topological polar surface area (TPSA) is 29.4 Å². The van der Waals surface area contributed by atoms with E-state index in [9.17, 15) is 4.79 Å². The molecule has 18 heavy (non-hydrogen) atoms. The van der Waals surface area contributed by atoms with Gasteiger partial charge in [0.2, 0.25) is 0 Å². The van der Waals surface area contributed by atoms with Crippen LogP contribution in [-0.4, -0.2) is 11.6 Å². The molecule has 1 unspecified atom stereocenters. The predicted octanol–water partition coefficient (Wildman–Crippen LogP) is 3.52. The molecule has 3 heteroatoms. The molecular formula is C15H10BrNO. The molecule has 1 atom stereocenters. The van der Waals surface area contributed by atoms with Crippen LogP contribution in [0.2, 0.25) is 0 Å². The van der Waals surface area contributed by atoms with Crippen LogP contribution in [0.25, 0.3) is 5.57 Å². The fourth-order valence-electron chi connectivity index (χ4n) is 2.20. The van der Waals surface area contributed by atoms with Gasteiger partial charge in [-0.2, -0.15) is 0 Å². The second kappa shape index (κ2) is 4.50. The first-order valence-corrected chi connectivity index (χ1v) is 6.48. The number of rotatable bonds is 1. The van der Waals surface area contributed by atoms with Crippen molar-refractivity contribution in [3.8, 4) is 0 Å². The van der Waals surface area contributed by atoms with Gasteiger partial charge in [-0.3, -0.25) is 4.79 Å². The van der Waals surface area contributed by atoms with Crippen LogP contribution in [0.4, 0.5) is 0 Å². The van der Waals surface area contributed by atoms with E-state index in [-0.39, 0.29) is 11.8 Å². The highest BCUT2D eigenvalue weighted by molar-refractivity contribution is 9.11. The van der Waals surface area contributed by atoms with Crippen molar-refractivity contribution in [1.82, 2.24) is 0 Å². The van der Waals surface area contributed by atoms with Gasteiger partial charge in [-0.1, -0.05) is 52.3 Å². The van der Waals surface area contributed by atoms with Crippen LogP contribution >= 0.6 is 15.9 Å². The number of halogens is 1. The summed E-state index contributed by atoms with van der Waals surface area (Å²) in [6.45, 7) is 0. The van der Waals surface area contributed by atoms with Crippen LogP contribution in [0.1, 0.15) is 5.56 Å². The van der Waals surface area contributed by atoms with Crippen LogP contribution in [0, 0.1) is 5.92 Å². The second-order valence-corrected chi connectivity index (χ2v) is 5.12. The molecule has 1 amide bonds. The number of carbonyl (C=O) groups excluding carboxylic acids is 1. The molecule has 1 aliphatic heterocycles. The molecular weight excluding hydrogens is 290 g/mol. The Kier molecular flexibility index (Phi) is 2.84. The first-order chi connectivity index (χ1) is 8.74. The number of fused-ring (bicyclic) bond motifs is 1. The summed E-state index contributed by atoms with van der Waals surface area (Å²) in [6.07, 6.45) is 7.50. The van der Waals surface area contributed by atoms with Gasteiger partial charge in [0.1, 0.15) is 0 Å². The zero-order valence-electron chi connectivity index (χ0n) is 9.51. The van der Waals surface area contributed by atoms with E-state index in [1.807, 2.05) is 42.5 Å². The van der Waals surface area contributed by atoms with Crippen LogP contribution in [0.3, 0.4) is 0 Å². The standard InChI is InChI=1S/C15H10BrNO/c16-11-6-7-14-13(8-11)12(9-15(18)17-14)10-4-2-1-3-5-10/h1-9,13H. The Balaban J connectivity index is 2.09. The smallest absolute Gasteiger partial charge is 0.267 e. The molecule has 1 heterocycles. The maximum atomic E-state index is 11.7. The van der Waals surface area contributed by atoms with Crippen molar-refractivity contribution in [2.45, 2.75) is 0 Å². The summed E-state index contributed by atoms with van der Waals surface area (Å²) in [4.78, 5) is 15.7. The van der Waals surface area contributed by atoms with Gasteiger partial charge in [0.25, 0.3) is 5.91 Å². The van der Waals surface area contributed by atoms with E-state index in [0.29, 0.717) is 0 Å². The quantitative estimate of drug-likeness (QED) is 0.780. The van der Waals surface area contributed by atoms with E-state index in [2.05, 4.69) is 27.0 Å². The predicted molar refractivity (Wildman–Crippen MR) is 76.5 cm³/mol. The van der Waals surface area contributed by atoms with Gasteiger partial charge < -0.3 is 0 Å². The molecule has 2 aliphatic rings. The minimum Gasteiger partial charge on any atom is -0.267 e. The summed E-state index contributed by atoms with van der Waals surface area (Å²) in [5.41, 5.74) is 2.88. The number of nitrogens with zero attached hydrogens (tertiary/aromatic N) is 1. The van der Waals surface area contributed by atoms with Gasteiger partial charge in [0.15, 0.2) is 0 Å². The Bertz CT molecular complexity index is 623. The van der Waals surface area contributed by atoms with Crippen LogP contribution in [0.15, 0.2) is 64.1 Å². The average Bonchev–Trinajstić information content (AvgIpc) is 2.39. The molecule has 0 saturated heterocycles. The zero-order chi connectivity index (χ0) is 12.5. The lowest BCUT2D eigenvalue weighted by Crippen LogP contribution is -2.20. The number of dihydropyridines is 1. The number of aliphatic imine (C=N–C) groups is 1. The molecule has 1 aromatic carbocycles. The minimum absolute atomic E-state index is 0.0597.